The molecule has 4 N–H and O–H groups in total. The second kappa shape index (κ2) is 12.1. The van der Waals surface area contributed by atoms with Crippen molar-refractivity contribution in [2.24, 2.45) is 0 Å². The van der Waals surface area contributed by atoms with Gasteiger partial charge in [0, 0.05) is 37.8 Å². The fourth-order valence-electron chi connectivity index (χ4n) is 1.78. The topological polar surface area (TPSA) is 85.6 Å². The van der Waals surface area contributed by atoms with Gasteiger partial charge in [-0.1, -0.05) is 47.5 Å². The summed E-state index contributed by atoms with van der Waals surface area (Å²) in [6, 6.07) is 18.1. The minimum atomic E-state index is 0. The van der Waals surface area contributed by atoms with Crippen LogP contribution in [-0.2, 0) is 0 Å². The molecule has 25 heavy (non-hydrogen) atoms. The smallest absolute Gasteiger partial charge is 0.247 e. The van der Waals surface area contributed by atoms with Gasteiger partial charge in [-0.05, 0) is 12.8 Å². The third-order valence-corrected chi connectivity index (χ3v) is 2.83. The van der Waals surface area contributed by atoms with Gasteiger partial charge in [-0.15, -0.1) is 24.3 Å². The normalized spacial score (nSPS) is 8.72. The van der Waals surface area contributed by atoms with Crippen molar-refractivity contribution in [2.45, 2.75) is 13.8 Å². The number of benzene rings is 2. The molecule has 0 atom stereocenters. The summed E-state index contributed by atoms with van der Waals surface area (Å²) in [6.07, 6.45) is 2.63. The maximum atomic E-state index is 9.37. The molecule has 128 valence electrons. The summed E-state index contributed by atoms with van der Waals surface area (Å²) < 4.78 is 0. The molecule has 0 spiro atoms. The summed E-state index contributed by atoms with van der Waals surface area (Å²) in [7, 11) is 0. The molecular formula is C20H22O4Sn+2. The summed E-state index contributed by atoms with van der Waals surface area (Å²) in [5, 5.41) is 0. The third kappa shape index (κ3) is 9.52. The Balaban J connectivity index is 0.000000443. The van der Waals surface area contributed by atoms with E-state index in [9.17, 15) is 9.59 Å². The summed E-state index contributed by atoms with van der Waals surface area (Å²) in [4.78, 5) is 36.5. The van der Waals surface area contributed by atoms with Gasteiger partial charge in [0.2, 0.25) is 23.1 Å². The van der Waals surface area contributed by atoms with Crippen LogP contribution in [0.5, 0.6) is 0 Å². The molecule has 0 aliphatic rings. The Bertz CT molecular complexity index is 645. The molecular weight excluding hydrogens is 423 g/mol. The number of ketones is 4. The summed E-state index contributed by atoms with van der Waals surface area (Å²) >= 11 is 0. The van der Waals surface area contributed by atoms with Gasteiger partial charge in [0.05, 0.1) is 0 Å². The zero-order chi connectivity index (χ0) is 17.9. The van der Waals surface area contributed by atoms with E-state index in [1.807, 2.05) is 36.4 Å². The van der Waals surface area contributed by atoms with Crippen LogP contribution in [-0.4, -0.2) is 66.2 Å². The second-order valence-corrected chi connectivity index (χ2v) is 5.07. The van der Waals surface area contributed by atoms with Gasteiger partial charge in [-0.2, -0.15) is 0 Å². The molecule has 0 aromatic heterocycles. The molecule has 4 nitrogen and oxygen atoms in total. The SMILES string of the molecule is CC(=[OH+])[CH-]C(=[OH+])c1ccccc1.CC(=[OH+])[CH-]C(=[OH+])c1ccccc1.[Sn]. The van der Waals surface area contributed by atoms with E-state index >= 15 is 0 Å². The van der Waals surface area contributed by atoms with Crippen LogP contribution in [0.4, 0.5) is 0 Å². The average molecular weight is 445 g/mol. The van der Waals surface area contributed by atoms with Crippen LogP contribution in [0.2, 0.25) is 0 Å². The monoisotopic (exact) mass is 446 g/mol. The Morgan fingerprint density at radius 2 is 0.880 bits per heavy atom. The molecule has 2 aromatic rings. The molecule has 0 saturated heterocycles. The largest absolute Gasteiger partial charge is 0.313 e. The van der Waals surface area contributed by atoms with Crippen molar-refractivity contribution in [3.8, 4) is 0 Å². The Labute approximate surface area is 164 Å². The van der Waals surface area contributed by atoms with Crippen LogP contribution in [0.25, 0.3) is 0 Å². The molecule has 0 bridgehead atoms. The van der Waals surface area contributed by atoms with Gasteiger partial charge in [0.1, 0.15) is 0 Å². The Morgan fingerprint density at radius 3 is 1.12 bits per heavy atom. The Morgan fingerprint density at radius 1 is 0.600 bits per heavy atom. The minimum absolute atomic E-state index is 0. The standard InChI is InChI=1S/2C10H9O2.Sn/c2*1-8(11)7-10(12)9-5-3-2-4-6-9;/h2*2-7H,1H3;/q2*-1;/p+4. The van der Waals surface area contributed by atoms with Crippen molar-refractivity contribution >= 4 is 47.0 Å². The van der Waals surface area contributed by atoms with Gasteiger partial charge in [0.15, 0.2) is 0 Å². The zero-order valence-electron chi connectivity index (χ0n) is 14.2. The quantitative estimate of drug-likeness (QED) is 0.215. The maximum absolute atomic E-state index is 9.37. The first kappa shape index (κ1) is 22.7. The van der Waals surface area contributed by atoms with E-state index in [4.69, 9.17) is 9.59 Å². The van der Waals surface area contributed by atoms with Crippen LogP contribution in [0.3, 0.4) is 0 Å². The van der Waals surface area contributed by atoms with Crippen molar-refractivity contribution < 1.29 is 19.2 Å². The Hall–Kier alpha value is -2.34. The zero-order valence-corrected chi connectivity index (χ0v) is 17.1. The van der Waals surface area contributed by atoms with Crippen molar-refractivity contribution in [1.82, 2.24) is 0 Å². The van der Waals surface area contributed by atoms with Crippen LogP contribution in [0.1, 0.15) is 25.0 Å². The minimum Gasteiger partial charge on any atom is -0.313 e. The molecule has 5 heteroatoms. The first-order chi connectivity index (χ1) is 11.4. The Kier molecular flexibility index (Phi) is 11.0. The average Bonchev–Trinajstić information content (AvgIpc) is 2.56. The molecule has 0 saturated carbocycles. The molecule has 0 amide bonds. The molecule has 4 radical (unpaired) electrons. The van der Waals surface area contributed by atoms with Gasteiger partial charge in [0.25, 0.3) is 0 Å². The van der Waals surface area contributed by atoms with E-state index in [0.717, 1.165) is 0 Å². The van der Waals surface area contributed by atoms with E-state index in [1.165, 1.54) is 26.7 Å². The van der Waals surface area contributed by atoms with E-state index in [1.54, 1.807) is 24.3 Å². The third-order valence-electron chi connectivity index (χ3n) is 2.83. The van der Waals surface area contributed by atoms with Crippen molar-refractivity contribution in [2.75, 3.05) is 0 Å². The maximum Gasteiger partial charge on any atom is 0.247 e. The van der Waals surface area contributed by atoms with E-state index in [-0.39, 0.29) is 47.0 Å². The second-order valence-electron chi connectivity index (χ2n) is 5.07. The number of rotatable bonds is 6. The molecule has 2 aromatic carbocycles. The molecule has 0 unspecified atom stereocenters. The predicted octanol–water partition coefficient (Wildman–Crippen LogP) is 2.32. The van der Waals surface area contributed by atoms with E-state index in [2.05, 4.69) is 0 Å². The summed E-state index contributed by atoms with van der Waals surface area (Å²) in [6.45, 7) is 3.03. The van der Waals surface area contributed by atoms with E-state index in [0.29, 0.717) is 11.1 Å². The van der Waals surface area contributed by atoms with Gasteiger partial charge in [-0.25, -0.2) is 0 Å². The summed E-state index contributed by atoms with van der Waals surface area (Å²) in [5.74, 6) is 0.346. The fourth-order valence-corrected chi connectivity index (χ4v) is 1.78. The molecule has 0 heterocycles. The number of carbonyl (C=O) groups excluding carboxylic acids is 4. The first-order valence-corrected chi connectivity index (χ1v) is 7.37. The van der Waals surface area contributed by atoms with Crippen LogP contribution in [0, 0.1) is 12.8 Å². The molecule has 2 rings (SSSR count). The van der Waals surface area contributed by atoms with Gasteiger partial charge in [-0.3, -0.25) is 9.59 Å². The fraction of sp³-hybridized carbons (Fsp3) is 0.100. The number of hydrogen-bond donors (Lipinski definition) is 0. The van der Waals surface area contributed by atoms with Crippen molar-refractivity contribution in [3.63, 3.8) is 0 Å². The molecule has 0 aliphatic heterocycles. The molecule has 0 aliphatic carbocycles. The van der Waals surface area contributed by atoms with Crippen molar-refractivity contribution in [1.29, 1.82) is 0 Å². The van der Waals surface area contributed by atoms with E-state index < -0.39 is 0 Å². The molecule has 0 fully saturated rings. The van der Waals surface area contributed by atoms with Crippen molar-refractivity contribution in [3.05, 3.63) is 84.6 Å². The van der Waals surface area contributed by atoms with Gasteiger partial charge < -0.3 is 9.59 Å². The number of hydrogen-bond acceptors (Lipinski definition) is 0. The van der Waals surface area contributed by atoms with Crippen LogP contribution < -0.4 is 0 Å². The first-order valence-electron chi connectivity index (χ1n) is 7.37. The summed E-state index contributed by atoms with van der Waals surface area (Å²) in [5.41, 5.74) is 1.40. The van der Waals surface area contributed by atoms with Crippen LogP contribution >= 0.6 is 0 Å². The predicted molar refractivity (Wildman–Crippen MR) is 105 cm³/mol. The van der Waals surface area contributed by atoms with Crippen LogP contribution in [0.15, 0.2) is 60.7 Å². The van der Waals surface area contributed by atoms with Gasteiger partial charge >= 0.3 is 0 Å².